The van der Waals surface area contributed by atoms with Gasteiger partial charge < -0.3 is 15.4 Å². The number of carbonyl (C=O) groups excluding carboxylic acids is 1. The zero-order valence-electron chi connectivity index (χ0n) is 12.1. The minimum absolute atomic E-state index is 0.164. The summed E-state index contributed by atoms with van der Waals surface area (Å²) in [5.41, 5.74) is 9.35. The molecule has 1 aliphatic rings. The smallest absolute Gasteiger partial charge is 0.280 e. The highest BCUT2D eigenvalue weighted by Gasteiger charge is 2.27. The summed E-state index contributed by atoms with van der Waals surface area (Å²) < 4.78 is 5.24. The molecule has 0 spiro atoms. The first-order valence-corrected chi connectivity index (χ1v) is 6.91. The van der Waals surface area contributed by atoms with Crippen LogP contribution in [-0.2, 0) is 6.42 Å². The van der Waals surface area contributed by atoms with E-state index < -0.39 is 0 Å². The Balaban J connectivity index is 1.98. The van der Waals surface area contributed by atoms with Gasteiger partial charge in [-0.2, -0.15) is 5.10 Å². The van der Waals surface area contributed by atoms with Crippen molar-refractivity contribution in [3.05, 3.63) is 35.2 Å². The summed E-state index contributed by atoms with van der Waals surface area (Å²) in [5, 5.41) is 6.79. The normalized spacial score (nSPS) is 13.9. The van der Waals surface area contributed by atoms with E-state index in [0.29, 0.717) is 17.9 Å². The predicted octanol–water partition coefficient (Wildman–Crippen LogP) is 1.90. The average molecular weight is 286 g/mol. The summed E-state index contributed by atoms with van der Waals surface area (Å²) in [6.45, 7) is 2.47. The maximum Gasteiger partial charge on any atom is 0.280 e. The standard InChI is InChI=1S/C15H18N4O2/c1-9-13(16)14(18-17-9)15(20)19-7-3-4-10-8-11(21-2)5-6-12(10)19/h5-6,8H,3-4,7,16H2,1-2H3,(H,17,18). The molecule has 0 saturated carbocycles. The van der Waals surface area contributed by atoms with Crippen molar-refractivity contribution >= 4 is 17.3 Å². The number of nitrogens with two attached hydrogens (primary N) is 1. The Morgan fingerprint density at radius 3 is 2.95 bits per heavy atom. The monoisotopic (exact) mass is 286 g/mol. The number of benzene rings is 1. The predicted molar refractivity (Wildman–Crippen MR) is 80.7 cm³/mol. The molecule has 6 heteroatoms. The van der Waals surface area contributed by atoms with Gasteiger partial charge in [-0.15, -0.1) is 0 Å². The number of rotatable bonds is 2. The van der Waals surface area contributed by atoms with Crippen molar-refractivity contribution in [2.75, 3.05) is 24.3 Å². The molecule has 1 aromatic carbocycles. The fourth-order valence-electron chi connectivity index (χ4n) is 2.64. The quantitative estimate of drug-likeness (QED) is 0.883. The molecule has 3 N–H and O–H groups in total. The van der Waals surface area contributed by atoms with Crippen molar-refractivity contribution in [1.29, 1.82) is 0 Å². The van der Waals surface area contributed by atoms with Crippen molar-refractivity contribution in [3.8, 4) is 5.75 Å². The number of hydrogen-bond donors (Lipinski definition) is 2. The second-order valence-corrected chi connectivity index (χ2v) is 5.17. The van der Waals surface area contributed by atoms with Gasteiger partial charge in [-0.25, -0.2) is 0 Å². The molecule has 0 aliphatic carbocycles. The van der Waals surface area contributed by atoms with Crippen LogP contribution in [0.1, 0.15) is 28.2 Å². The minimum Gasteiger partial charge on any atom is -0.497 e. The summed E-state index contributed by atoms with van der Waals surface area (Å²) in [5.74, 6) is 0.640. The molecule has 1 aromatic heterocycles. The average Bonchev–Trinajstić information content (AvgIpc) is 2.85. The van der Waals surface area contributed by atoms with E-state index >= 15 is 0 Å². The van der Waals surface area contributed by atoms with Crippen LogP contribution in [0.4, 0.5) is 11.4 Å². The lowest BCUT2D eigenvalue weighted by Gasteiger charge is -2.29. The number of carbonyl (C=O) groups is 1. The van der Waals surface area contributed by atoms with Gasteiger partial charge in [0.2, 0.25) is 0 Å². The molecule has 0 radical (unpaired) electrons. The zero-order chi connectivity index (χ0) is 15.0. The molecule has 2 aromatic rings. The number of aromatic nitrogens is 2. The van der Waals surface area contributed by atoms with Crippen molar-refractivity contribution < 1.29 is 9.53 Å². The summed E-state index contributed by atoms with van der Waals surface area (Å²) in [6.07, 6.45) is 1.85. The Kier molecular flexibility index (Phi) is 3.29. The molecule has 0 unspecified atom stereocenters. The van der Waals surface area contributed by atoms with Gasteiger partial charge in [0.05, 0.1) is 18.5 Å². The Morgan fingerprint density at radius 2 is 2.29 bits per heavy atom. The molecule has 6 nitrogen and oxygen atoms in total. The number of hydrogen-bond acceptors (Lipinski definition) is 4. The summed E-state index contributed by atoms with van der Waals surface area (Å²) in [4.78, 5) is 14.4. The number of nitrogens with zero attached hydrogens (tertiary/aromatic N) is 2. The molecule has 0 saturated heterocycles. The van der Waals surface area contributed by atoms with Gasteiger partial charge in [0.15, 0.2) is 5.69 Å². The Bertz CT molecular complexity index is 693. The number of ether oxygens (including phenoxy) is 1. The molecule has 0 atom stereocenters. The third-order valence-corrected chi connectivity index (χ3v) is 3.85. The second-order valence-electron chi connectivity index (χ2n) is 5.17. The second kappa shape index (κ2) is 5.12. The van der Waals surface area contributed by atoms with Crippen molar-refractivity contribution in [1.82, 2.24) is 10.2 Å². The van der Waals surface area contributed by atoms with Gasteiger partial charge in [0, 0.05) is 12.2 Å². The van der Waals surface area contributed by atoms with E-state index in [4.69, 9.17) is 10.5 Å². The van der Waals surface area contributed by atoms with Crippen LogP contribution in [0, 0.1) is 6.92 Å². The van der Waals surface area contributed by atoms with Gasteiger partial charge in [-0.05, 0) is 43.5 Å². The van der Waals surface area contributed by atoms with E-state index in [1.807, 2.05) is 18.2 Å². The topological polar surface area (TPSA) is 84.2 Å². The largest absolute Gasteiger partial charge is 0.497 e. The van der Waals surface area contributed by atoms with Crippen molar-refractivity contribution in [2.24, 2.45) is 0 Å². The van der Waals surface area contributed by atoms with Crippen LogP contribution in [0.5, 0.6) is 5.75 Å². The van der Waals surface area contributed by atoms with E-state index in [9.17, 15) is 4.79 Å². The highest BCUT2D eigenvalue weighted by Crippen LogP contribution is 2.32. The third kappa shape index (κ3) is 2.22. The van der Waals surface area contributed by atoms with Crippen molar-refractivity contribution in [2.45, 2.75) is 19.8 Å². The molecule has 110 valence electrons. The van der Waals surface area contributed by atoms with Crippen LogP contribution in [0.2, 0.25) is 0 Å². The highest BCUT2D eigenvalue weighted by atomic mass is 16.5. The first-order chi connectivity index (χ1) is 10.1. The number of fused-ring (bicyclic) bond motifs is 1. The zero-order valence-corrected chi connectivity index (χ0v) is 12.1. The molecule has 0 fully saturated rings. The van der Waals surface area contributed by atoms with Gasteiger partial charge in [-0.3, -0.25) is 9.89 Å². The molecule has 21 heavy (non-hydrogen) atoms. The first kappa shape index (κ1) is 13.5. The number of anilines is 2. The number of H-pyrrole nitrogens is 1. The highest BCUT2D eigenvalue weighted by molar-refractivity contribution is 6.08. The van der Waals surface area contributed by atoms with E-state index in [1.54, 1.807) is 18.9 Å². The Morgan fingerprint density at radius 1 is 1.48 bits per heavy atom. The van der Waals surface area contributed by atoms with Crippen molar-refractivity contribution in [3.63, 3.8) is 0 Å². The number of aryl methyl sites for hydroxylation is 2. The lowest BCUT2D eigenvalue weighted by Crippen LogP contribution is -2.36. The molecule has 0 bridgehead atoms. The minimum atomic E-state index is -0.164. The maximum absolute atomic E-state index is 12.7. The number of nitrogen functional groups attached to an aromatic ring is 1. The van der Waals surface area contributed by atoms with Crippen LogP contribution in [0.15, 0.2) is 18.2 Å². The molecule has 1 aliphatic heterocycles. The molecule has 2 heterocycles. The van der Waals surface area contributed by atoms with Crippen LogP contribution < -0.4 is 15.4 Å². The molecule has 3 rings (SSSR count). The number of methoxy groups -OCH3 is 1. The van der Waals surface area contributed by atoms with Crippen LogP contribution in [0.25, 0.3) is 0 Å². The van der Waals surface area contributed by atoms with Crippen LogP contribution in [0.3, 0.4) is 0 Å². The van der Waals surface area contributed by atoms with E-state index in [-0.39, 0.29) is 11.6 Å². The van der Waals surface area contributed by atoms with E-state index in [0.717, 1.165) is 29.8 Å². The fourth-order valence-corrected chi connectivity index (χ4v) is 2.64. The maximum atomic E-state index is 12.7. The lowest BCUT2D eigenvalue weighted by atomic mass is 10.0. The summed E-state index contributed by atoms with van der Waals surface area (Å²) in [7, 11) is 1.64. The number of nitrogens with one attached hydrogen (secondary N) is 1. The molecular formula is C15H18N4O2. The lowest BCUT2D eigenvalue weighted by molar-refractivity contribution is 0.0981. The molecular weight excluding hydrogens is 268 g/mol. The van der Waals surface area contributed by atoms with E-state index in [1.165, 1.54) is 0 Å². The first-order valence-electron chi connectivity index (χ1n) is 6.91. The van der Waals surface area contributed by atoms with Gasteiger partial charge in [0.25, 0.3) is 5.91 Å². The number of amides is 1. The van der Waals surface area contributed by atoms with Crippen LogP contribution in [-0.4, -0.2) is 29.8 Å². The number of aromatic amines is 1. The van der Waals surface area contributed by atoms with Crippen LogP contribution >= 0.6 is 0 Å². The van der Waals surface area contributed by atoms with Gasteiger partial charge in [-0.1, -0.05) is 0 Å². The SMILES string of the molecule is COc1ccc2c(c1)CCCN2C(=O)c1n[nH]c(C)c1N. The van der Waals surface area contributed by atoms with E-state index in [2.05, 4.69) is 10.2 Å². The van der Waals surface area contributed by atoms with Gasteiger partial charge in [0.1, 0.15) is 5.75 Å². The Hall–Kier alpha value is -2.50. The summed E-state index contributed by atoms with van der Waals surface area (Å²) >= 11 is 0. The van der Waals surface area contributed by atoms with Gasteiger partial charge >= 0.3 is 0 Å². The fraction of sp³-hybridized carbons (Fsp3) is 0.333. The molecule has 1 amide bonds. The summed E-state index contributed by atoms with van der Waals surface area (Å²) in [6, 6.07) is 5.76. The Labute approximate surface area is 122 Å². The third-order valence-electron chi connectivity index (χ3n) is 3.85.